The van der Waals surface area contributed by atoms with Gasteiger partial charge in [-0.25, -0.2) is 4.98 Å². The Labute approximate surface area is 165 Å². The lowest BCUT2D eigenvalue weighted by molar-refractivity contribution is 0.102. The van der Waals surface area contributed by atoms with E-state index in [9.17, 15) is 4.79 Å². The Morgan fingerprint density at radius 2 is 1.92 bits per heavy atom. The molecule has 0 fully saturated rings. The predicted octanol–water partition coefficient (Wildman–Crippen LogP) is 5.37. The van der Waals surface area contributed by atoms with Crippen molar-refractivity contribution in [1.29, 1.82) is 0 Å². The van der Waals surface area contributed by atoms with Crippen molar-refractivity contribution in [3.63, 3.8) is 0 Å². The summed E-state index contributed by atoms with van der Waals surface area (Å²) in [5, 5.41) is 3.15. The minimum absolute atomic E-state index is 0.231. The van der Waals surface area contributed by atoms with Gasteiger partial charge in [0.25, 0.3) is 5.91 Å². The molecule has 132 valence electrons. The van der Waals surface area contributed by atoms with Crippen molar-refractivity contribution in [3.05, 3.63) is 87.6 Å². The van der Waals surface area contributed by atoms with E-state index in [1.165, 1.54) is 11.8 Å². The van der Waals surface area contributed by atoms with Crippen LogP contribution in [0.15, 0.2) is 71.3 Å². The molecule has 0 saturated heterocycles. The molecule has 0 unspecified atom stereocenters. The number of nitrogens with zero attached hydrogens (tertiary/aromatic N) is 1. The Balaban J connectivity index is 1.59. The SMILES string of the molecule is O=C(Nc1ccc(Cl)nc1)c1ccc(OCCc2ccccc2)c(Br)c1. The van der Waals surface area contributed by atoms with Gasteiger partial charge in [-0.3, -0.25) is 4.79 Å². The van der Waals surface area contributed by atoms with Crippen LogP contribution in [-0.4, -0.2) is 17.5 Å². The largest absolute Gasteiger partial charge is 0.492 e. The zero-order valence-electron chi connectivity index (χ0n) is 13.8. The molecule has 4 nitrogen and oxygen atoms in total. The van der Waals surface area contributed by atoms with Gasteiger partial charge in [0.15, 0.2) is 0 Å². The third-order valence-electron chi connectivity index (χ3n) is 3.67. The van der Waals surface area contributed by atoms with Crippen LogP contribution >= 0.6 is 27.5 Å². The Kier molecular flexibility index (Phi) is 6.26. The Morgan fingerprint density at radius 3 is 2.62 bits per heavy atom. The van der Waals surface area contributed by atoms with Crippen LogP contribution in [0.25, 0.3) is 0 Å². The summed E-state index contributed by atoms with van der Waals surface area (Å²) in [5.41, 5.74) is 2.32. The Morgan fingerprint density at radius 1 is 1.12 bits per heavy atom. The topological polar surface area (TPSA) is 51.2 Å². The number of hydrogen-bond donors (Lipinski definition) is 1. The van der Waals surface area contributed by atoms with Gasteiger partial charge in [-0.05, 0) is 51.8 Å². The maximum atomic E-state index is 12.3. The molecule has 1 amide bonds. The van der Waals surface area contributed by atoms with Gasteiger partial charge in [0.1, 0.15) is 10.9 Å². The lowest BCUT2D eigenvalue weighted by Crippen LogP contribution is -2.12. The number of nitrogens with one attached hydrogen (secondary N) is 1. The van der Waals surface area contributed by atoms with Crippen molar-refractivity contribution in [2.45, 2.75) is 6.42 Å². The quantitative estimate of drug-likeness (QED) is 0.534. The molecule has 1 N–H and O–H groups in total. The van der Waals surface area contributed by atoms with Crippen LogP contribution < -0.4 is 10.1 Å². The molecule has 0 radical (unpaired) electrons. The third-order valence-corrected chi connectivity index (χ3v) is 4.51. The van der Waals surface area contributed by atoms with E-state index >= 15 is 0 Å². The molecule has 0 aliphatic carbocycles. The highest BCUT2D eigenvalue weighted by molar-refractivity contribution is 9.10. The lowest BCUT2D eigenvalue weighted by atomic mass is 10.2. The first-order valence-corrected chi connectivity index (χ1v) is 9.18. The summed E-state index contributed by atoms with van der Waals surface area (Å²) in [6.07, 6.45) is 2.33. The van der Waals surface area contributed by atoms with Gasteiger partial charge in [0.05, 0.1) is 23.0 Å². The molecule has 0 saturated carbocycles. The number of hydrogen-bond acceptors (Lipinski definition) is 3. The number of anilines is 1. The van der Waals surface area contributed by atoms with E-state index in [4.69, 9.17) is 16.3 Å². The van der Waals surface area contributed by atoms with Crippen LogP contribution in [0.5, 0.6) is 5.75 Å². The molecule has 3 rings (SSSR count). The van der Waals surface area contributed by atoms with Gasteiger partial charge in [0.2, 0.25) is 0 Å². The summed E-state index contributed by atoms with van der Waals surface area (Å²) in [5.74, 6) is 0.469. The van der Waals surface area contributed by atoms with Crippen LogP contribution in [0.1, 0.15) is 15.9 Å². The van der Waals surface area contributed by atoms with E-state index in [1.54, 1.807) is 30.3 Å². The van der Waals surface area contributed by atoms with Crippen molar-refractivity contribution in [1.82, 2.24) is 4.98 Å². The molecule has 0 aliphatic heterocycles. The van der Waals surface area contributed by atoms with Crippen molar-refractivity contribution < 1.29 is 9.53 Å². The van der Waals surface area contributed by atoms with Gasteiger partial charge in [0, 0.05) is 12.0 Å². The normalized spacial score (nSPS) is 10.4. The first-order valence-electron chi connectivity index (χ1n) is 8.01. The van der Waals surface area contributed by atoms with E-state index in [0.29, 0.717) is 28.8 Å². The Bertz CT molecular complexity index is 886. The number of pyridine rings is 1. The molecule has 26 heavy (non-hydrogen) atoms. The summed E-state index contributed by atoms with van der Waals surface area (Å²) < 4.78 is 6.53. The second-order valence-electron chi connectivity index (χ2n) is 5.55. The van der Waals surface area contributed by atoms with Crippen molar-refractivity contribution in [3.8, 4) is 5.75 Å². The Hall–Kier alpha value is -2.37. The van der Waals surface area contributed by atoms with E-state index in [0.717, 1.165) is 10.9 Å². The van der Waals surface area contributed by atoms with Gasteiger partial charge < -0.3 is 10.1 Å². The smallest absolute Gasteiger partial charge is 0.255 e. The number of ether oxygens (including phenoxy) is 1. The lowest BCUT2D eigenvalue weighted by Gasteiger charge is -2.10. The van der Waals surface area contributed by atoms with Gasteiger partial charge in [-0.1, -0.05) is 41.9 Å². The summed E-state index contributed by atoms with van der Waals surface area (Å²) >= 11 is 9.20. The zero-order chi connectivity index (χ0) is 18.4. The van der Waals surface area contributed by atoms with Crippen LogP contribution in [0.3, 0.4) is 0 Å². The first-order chi connectivity index (χ1) is 12.6. The maximum Gasteiger partial charge on any atom is 0.255 e. The molecule has 0 spiro atoms. The van der Waals surface area contributed by atoms with Crippen LogP contribution in [0.2, 0.25) is 5.15 Å². The van der Waals surface area contributed by atoms with Gasteiger partial charge >= 0.3 is 0 Å². The number of amides is 1. The number of rotatable bonds is 6. The average Bonchev–Trinajstić information content (AvgIpc) is 2.65. The van der Waals surface area contributed by atoms with Crippen LogP contribution in [0.4, 0.5) is 5.69 Å². The molecule has 6 heteroatoms. The fourth-order valence-corrected chi connectivity index (χ4v) is 2.94. The molecule has 1 heterocycles. The fraction of sp³-hybridized carbons (Fsp3) is 0.100. The predicted molar refractivity (Wildman–Crippen MR) is 107 cm³/mol. The number of benzene rings is 2. The minimum atomic E-state index is -0.231. The standard InChI is InChI=1S/C20H16BrClN2O2/c21-17-12-15(20(25)24-16-7-9-19(22)23-13-16)6-8-18(17)26-11-10-14-4-2-1-3-5-14/h1-9,12-13H,10-11H2,(H,24,25). The molecule has 0 bridgehead atoms. The molecular weight excluding hydrogens is 416 g/mol. The number of carbonyl (C=O) groups excluding carboxylic acids is 1. The van der Waals surface area contributed by atoms with Gasteiger partial charge in [-0.15, -0.1) is 0 Å². The molecule has 0 atom stereocenters. The molecule has 1 aromatic heterocycles. The summed E-state index contributed by atoms with van der Waals surface area (Å²) in [6, 6.07) is 18.7. The van der Waals surface area contributed by atoms with E-state index in [1.807, 2.05) is 18.2 Å². The molecule has 2 aromatic carbocycles. The highest BCUT2D eigenvalue weighted by Gasteiger charge is 2.10. The van der Waals surface area contributed by atoms with Crippen LogP contribution in [0, 0.1) is 0 Å². The summed E-state index contributed by atoms with van der Waals surface area (Å²) in [4.78, 5) is 16.3. The summed E-state index contributed by atoms with van der Waals surface area (Å²) in [6.45, 7) is 0.560. The second-order valence-corrected chi connectivity index (χ2v) is 6.79. The molecule has 0 aliphatic rings. The van der Waals surface area contributed by atoms with Crippen molar-refractivity contribution in [2.75, 3.05) is 11.9 Å². The first kappa shape index (κ1) is 18.4. The highest BCUT2D eigenvalue weighted by Crippen LogP contribution is 2.26. The van der Waals surface area contributed by atoms with Crippen molar-refractivity contribution in [2.24, 2.45) is 0 Å². The van der Waals surface area contributed by atoms with Gasteiger partial charge in [-0.2, -0.15) is 0 Å². The highest BCUT2D eigenvalue weighted by atomic mass is 79.9. The molecular formula is C20H16BrClN2O2. The molecule has 3 aromatic rings. The maximum absolute atomic E-state index is 12.3. The number of aromatic nitrogens is 1. The second kappa shape index (κ2) is 8.83. The van der Waals surface area contributed by atoms with Crippen LogP contribution in [-0.2, 0) is 6.42 Å². The third kappa shape index (κ3) is 5.07. The zero-order valence-corrected chi connectivity index (χ0v) is 16.1. The van der Waals surface area contributed by atoms with E-state index < -0.39 is 0 Å². The average molecular weight is 432 g/mol. The number of carbonyl (C=O) groups is 1. The van der Waals surface area contributed by atoms with Crippen molar-refractivity contribution >= 4 is 39.1 Å². The summed E-state index contributed by atoms with van der Waals surface area (Å²) in [7, 11) is 0. The number of halogens is 2. The van der Waals surface area contributed by atoms with E-state index in [-0.39, 0.29) is 5.91 Å². The fourth-order valence-electron chi connectivity index (χ4n) is 2.34. The minimum Gasteiger partial charge on any atom is -0.492 e. The van der Waals surface area contributed by atoms with E-state index in [2.05, 4.69) is 38.4 Å². The monoisotopic (exact) mass is 430 g/mol.